The molecule has 0 spiro atoms. The molecule has 0 aliphatic carbocycles. The second-order valence-corrected chi connectivity index (χ2v) is 12.5. The van der Waals surface area contributed by atoms with Gasteiger partial charge >= 0.3 is 0 Å². The van der Waals surface area contributed by atoms with Crippen LogP contribution in [-0.4, -0.2) is 4.57 Å². The van der Waals surface area contributed by atoms with Gasteiger partial charge in [0.15, 0.2) is 0 Å². The van der Waals surface area contributed by atoms with E-state index < -0.39 is 0 Å². The third kappa shape index (κ3) is 5.34. The number of benzene rings is 7. The average molecular weight is 616 g/mol. The molecule has 0 saturated heterocycles. The Morgan fingerprint density at radius 2 is 1.10 bits per heavy atom. The van der Waals surface area contributed by atoms with E-state index in [1.165, 1.54) is 77.6 Å². The molecule has 1 nitrogen and oxygen atoms in total. The molecule has 0 aliphatic rings. The van der Waals surface area contributed by atoms with Gasteiger partial charge < -0.3 is 4.57 Å². The van der Waals surface area contributed by atoms with Crippen LogP contribution in [0.15, 0.2) is 182 Å². The van der Waals surface area contributed by atoms with Crippen molar-refractivity contribution in [2.24, 2.45) is 0 Å². The monoisotopic (exact) mass is 615 g/mol. The number of rotatable bonds is 7. The number of allylic oxidation sites excluding steroid dienone is 1. The van der Waals surface area contributed by atoms with Gasteiger partial charge in [0, 0.05) is 22.4 Å². The summed E-state index contributed by atoms with van der Waals surface area (Å²) in [7, 11) is 0. The molecule has 0 bridgehead atoms. The summed E-state index contributed by atoms with van der Waals surface area (Å²) >= 11 is 0. The molecular formula is C47H37N. The van der Waals surface area contributed by atoms with Gasteiger partial charge in [0.05, 0.1) is 11.0 Å². The van der Waals surface area contributed by atoms with Gasteiger partial charge in [0.1, 0.15) is 0 Å². The molecule has 0 fully saturated rings. The van der Waals surface area contributed by atoms with Crippen molar-refractivity contribution in [1.82, 2.24) is 4.57 Å². The standard InChI is InChI=1S/C47H37N/c1-3-41(43-22-11-10-21-42(43)33(2)37-17-14-18-38(31-37)34-15-6-4-7-16-34)36-27-25-35(26-28-36)39-29-30-47-45(32-39)44-23-12-13-24-46(44)48(47)40-19-8-5-9-20-40/h3-33H,1-2H3/b41-3-. The maximum atomic E-state index is 2.37. The molecular weight excluding hydrogens is 579 g/mol. The van der Waals surface area contributed by atoms with Crippen LogP contribution in [-0.2, 0) is 0 Å². The van der Waals surface area contributed by atoms with Crippen molar-refractivity contribution in [1.29, 1.82) is 0 Å². The van der Waals surface area contributed by atoms with Crippen LogP contribution >= 0.6 is 0 Å². The van der Waals surface area contributed by atoms with Crippen molar-refractivity contribution in [2.75, 3.05) is 0 Å². The molecule has 1 aromatic heterocycles. The Balaban J connectivity index is 1.13. The van der Waals surface area contributed by atoms with E-state index in [0.717, 1.165) is 0 Å². The lowest BCUT2D eigenvalue weighted by Gasteiger charge is -2.20. The Morgan fingerprint density at radius 1 is 0.500 bits per heavy atom. The van der Waals surface area contributed by atoms with E-state index in [-0.39, 0.29) is 5.92 Å². The minimum atomic E-state index is 0.240. The SMILES string of the molecule is C/C=C(/c1ccc(-c2ccc3c(c2)c2ccccc2n3-c2ccccc2)cc1)c1ccccc1C(C)c1cccc(-c2ccccc2)c1. The highest BCUT2D eigenvalue weighted by molar-refractivity contribution is 6.10. The topological polar surface area (TPSA) is 4.93 Å². The van der Waals surface area contributed by atoms with Gasteiger partial charge in [-0.15, -0.1) is 0 Å². The number of nitrogens with zero attached hydrogens (tertiary/aromatic N) is 1. The molecule has 8 aromatic rings. The number of fused-ring (bicyclic) bond motifs is 3. The van der Waals surface area contributed by atoms with Gasteiger partial charge in [-0.3, -0.25) is 0 Å². The highest BCUT2D eigenvalue weighted by Crippen LogP contribution is 2.37. The van der Waals surface area contributed by atoms with Gasteiger partial charge in [-0.05, 0) is 87.3 Å². The first-order valence-corrected chi connectivity index (χ1v) is 16.8. The van der Waals surface area contributed by atoms with Crippen LogP contribution in [0.2, 0.25) is 0 Å². The average Bonchev–Trinajstić information content (AvgIpc) is 3.50. The van der Waals surface area contributed by atoms with Crippen LogP contribution in [0.4, 0.5) is 0 Å². The van der Waals surface area contributed by atoms with Crippen LogP contribution in [0.25, 0.3) is 55.3 Å². The summed E-state index contributed by atoms with van der Waals surface area (Å²) in [6.45, 7) is 4.47. The summed E-state index contributed by atoms with van der Waals surface area (Å²) in [5.74, 6) is 0.240. The highest BCUT2D eigenvalue weighted by atomic mass is 15.0. The minimum absolute atomic E-state index is 0.240. The first-order chi connectivity index (χ1) is 23.7. The van der Waals surface area contributed by atoms with Crippen molar-refractivity contribution >= 4 is 27.4 Å². The second kappa shape index (κ2) is 12.7. The van der Waals surface area contributed by atoms with Gasteiger partial charge in [-0.25, -0.2) is 0 Å². The maximum Gasteiger partial charge on any atom is 0.0541 e. The molecule has 1 heteroatoms. The van der Waals surface area contributed by atoms with Crippen molar-refractivity contribution in [2.45, 2.75) is 19.8 Å². The highest BCUT2D eigenvalue weighted by Gasteiger charge is 2.17. The van der Waals surface area contributed by atoms with Gasteiger partial charge in [-0.1, -0.05) is 159 Å². The first-order valence-electron chi connectivity index (χ1n) is 16.8. The van der Waals surface area contributed by atoms with E-state index in [2.05, 4.69) is 200 Å². The zero-order valence-electron chi connectivity index (χ0n) is 27.3. The zero-order chi connectivity index (χ0) is 32.5. The molecule has 7 aromatic carbocycles. The van der Waals surface area contributed by atoms with Crippen LogP contribution in [0.1, 0.15) is 42.0 Å². The van der Waals surface area contributed by atoms with Gasteiger partial charge in [0.25, 0.3) is 0 Å². The van der Waals surface area contributed by atoms with Gasteiger partial charge in [0.2, 0.25) is 0 Å². The summed E-state index contributed by atoms with van der Waals surface area (Å²) in [4.78, 5) is 0. The fourth-order valence-corrected chi connectivity index (χ4v) is 7.25. The lowest BCUT2D eigenvalue weighted by Crippen LogP contribution is -2.02. The molecule has 0 amide bonds. The van der Waals surface area contributed by atoms with E-state index in [1.54, 1.807) is 0 Å². The fraction of sp³-hybridized carbons (Fsp3) is 0.0638. The van der Waals surface area contributed by atoms with E-state index in [4.69, 9.17) is 0 Å². The van der Waals surface area contributed by atoms with Crippen molar-refractivity contribution in [3.05, 3.63) is 204 Å². The molecule has 8 rings (SSSR count). The minimum Gasteiger partial charge on any atom is -0.309 e. The van der Waals surface area contributed by atoms with Gasteiger partial charge in [-0.2, -0.15) is 0 Å². The quantitative estimate of drug-likeness (QED) is 0.168. The lowest BCUT2D eigenvalue weighted by atomic mass is 9.84. The molecule has 1 heterocycles. The molecule has 48 heavy (non-hydrogen) atoms. The molecule has 0 saturated carbocycles. The Hall–Kier alpha value is -5.92. The molecule has 1 atom stereocenters. The maximum absolute atomic E-state index is 2.37. The summed E-state index contributed by atoms with van der Waals surface area (Å²) in [6.07, 6.45) is 2.26. The smallest absolute Gasteiger partial charge is 0.0541 e. The Labute approximate surface area is 283 Å². The third-order valence-electron chi connectivity index (χ3n) is 9.72. The molecule has 1 unspecified atom stereocenters. The first kappa shape index (κ1) is 29.5. The van der Waals surface area contributed by atoms with Crippen LogP contribution in [0, 0.1) is 0 Å². The summed E-state index contributed by atoms with van der Waals surface area (Å²) in [5, 5.41) is 2.54. The number of hydrogen-bond acceptors (Lipinski definition) is 0. The normalized spacial score (nSPS) is 12.4. The van der Waals surface area contributed by atoms with E-state index in [0.29, 0.717) is 0 Å². The van der Waals surface area contributed by atoms with E-state index >= 15 is 0 Å². The molecule has 0 radical (unpaired) electrons. The largest absolute Gasteiger partial charge is 0.309 e. The second-order valence-electron chi connectivity index (χ2n) is 12.5. The Bertz CT molecular complexity index is 2390. The zero-order valence-corrected chi connectivity index (χ0v) is 27.3. The van der Waals surface area contributed by atoms with E-state index in [9.17, 15) is 0 Å². The Morgan fingerprint density at radius 3 is 1.90 bits per heavy atom. The molecule has 0 N–H and O–H groups in total. The van der Waals surface area contributed by atoms with Crippen molar-refractivity contribution < 1.29 is 0 Å². The van der Waals surface area contributed by atoms with Crippen molar-refractivity contribution in [3.8, 4) is 27.9 Å². The lowest BCUT2D eigenvalue weighted by molar-refractivity contribution is 0.918. The number of aromatic nitrogens is 1. The summed E-state index contributed by atoms with van der Waals surface area (Å²) in [5.41, 5.74) is 15.0. The number of hydrogen-bond donors (Lipinski definition) is 0. The van der Waals surface area contributed by atoms with Crippen LogP contribution in [0.5, 0.6) is 0 Å². The predicted molar refractivity (Wildman–Crippen MR) is 205 cm³/mol. The third-order valence-corrected chi connectivity index (χ3v) is 9.72. The predicted octanol–water partition coefficient (Wildman–Crippen LogP) is 12.7. The fourth-order valence-electron chi connectivity index (χ4n) is 7.25. The summed E-state index contributed by atoms with van der Waals surface area (Å²) in [6, 6.07) is 63.8. The molecule has 230 valence electrons. The molecule has 0 aliphatic heterocycles. The summed E-state index contributed by atoms with van der Waals surface area (Å²) < 4.78 is 2.37. The van der Waals surface area contributed by atoms with Crippen LogP contribution < -0.4 is 0 Å². The van der Waals surface area contributed by atoms with Crippen LogP contribution in [0.3, 0.4) is 0 Å². The Kier molecular flexibility index (Phi) is 7.80. The number of para-hydroxylation sites is 2. The van der Waals surface area contributed by atoms with Crippen molar-refractivity contribution in [3.63, 3.8) is 0 Å². The van der Waals surface area contributed by atoms with E-state index in [1.807, 2.05) is 0 Å².